The molecule has 1 aromatic rings. The highest BCUT2D eigenvalue weighted by atomic mass is 19.1. The van der Waals surface area contributed by atoms with E-state index in [9.17, 15) is 14.0 Å². The predicted octanol–water partition coefficient (Wildman–Crippen LogP) is 1.72. The van der Waals surface area contributed by atoms with Crippen molar-refractivity contribution in [2.45, 2.75) is 26.2 Å². The Morgan fingerprint density at radius 2 is 1.65 bits per heavy atom. The molecular formula is C23H32FN3O4. The minimum atomic E-state index is -0.388. The first kappa shape index (κ1) is 23.4. The van der Waals surface area contributed by atoms with E-state index >= 15 is 0 Å². The minimum absolute atomic E-state index is 0.0923. The molecule has 1 aromatic carbocycles. The highest BCUT2D eigenvalue weighted by molar-refractivity contribution is 6.35. The molecule has 2 amide bonds. The topological polar surface area (TPSA) is 73.3 Å². The van der Waals surface area contributed by atoms with Crippen molar-refractivity contribution in [1.82, 2.24) is 14.7 Å². The molecule has 2 aliphatic heterocycles. The van der Waals surface area contributed by atoms with Gasteiger partial charge in [0.15, 0.2) is 0 Å². The monoisotopic (exact) mass is 433 g/mol. The first-order chi connectivity index (χ1) is 15.1. The number of aliphatic hydroxyl groups is 1. The van der Waals surface area contributed by atoms with Crippen molar-refractivity contribution in [3.8, 4) is 0 Å². The quantitative estimate of drug-likeness (QED) is 0.423. The zero-order valence-corrected chi connectivity index (χ0v) is 18.2. The summed E-state index contributed by atoms with van der Waals surface area (Å²) >= 11 is 0. The Labute approximate surface area is 183 Å². The first-order valence-corrected chi connectivity index (χ1v) is 11.1. The Bertz CT molecular complexity index is 789. The molecular weight excluding hydrogens is 401 g/mol. The highest BCUT2D eigenvalue weighted by Crippen LogP contribution is 2.32. The number of amides is 2. The van der Waals surface area contributed by atoms with Gasteiger partial charge in [-0.25, -0.2) is 4.39 Å². The summed E-state index contributed by atoms with van der Waals surface area (Å²) in [5, 5.41) is 9.16. The lowest BCUT2D eigenvalue weighted by molar-refractivity contribution is -0.137. The van der Waals surface area contributed by atoms with Gasteiger partial charge in [0.1, 0.15) is 11.5 Å². The number of carbonyl (C=O) groups is 2. The zero-order valence-electron chi connectivity index (χ0n) is 18.2. The molecule has 1 fully saturated rings. The number of aliphatic hydroxyl groups excluding tert-OH is 1. The Balaban J connectivity index is 1.76. The number of β-amino-alcohol motifs (C(OH)–C–C–N with tert-alkyl or cyclic N) is 1. The van der Waals surface area contributed by atoms with Gasteiger partial charge in [0.25, 0.3) is 11.8 Å². The van der Waals surface area contributed by atoms with E-state index in [1.54, 1.807) is 12.1 Å². The van der Waals surface area contributed by atoms with Crippen LogP contribution in [0, 0.1) is 5.82 Å². The molecule has 0 bridgehead atoms. The number of hydrogen-bond donors (Lipinski definition) is 1. The molecule has 2 aliphatic rings. The largest absolute Gasteiger partial charge is 0.395 e. The van der Waals surface area contributed by atoms with Gasteiger partial charge in [-0.15, -0.1) is 0 Å². The van der Waals surface area contributed by atoms with Crippen LogP contribution in [0.1, 0.15) is 31.7 Å². The first-order valence-electron chi connectivity index (χ1n) is 11.1. The SMILES string of the molecule is CCCCOCCCN1C(=O)C(c2ccc(F)cc2)=C(N2CCN(CCO)CC2)C1=O. The normalized spacial score (nSPS) is 17.9. The summed E-state index contributed by atoms with van der Waals surface area (Å²) in [7, 11) is 0. The summed E-state index contributed by atoms with van der Waals surface area (Å²) in [6, 6.07) is 5.71. The van der Waals surface area contributed by atoms with Gasteiger partial charge in [0.2, 0.25) is 0 Å². The average molecular weight is 434 g/mol. The number of benzene rings is 1. The second kappa shape index (κ2) is 11.4. The molecule has 0 atom stereocenters. The minimum Gasteiger partial charge on any atom is -0.395 e. The van der Waals surface area contributed by atoms with Crippen LogP contribution < -0.4 is 0 Å². The summed E-state index contributed by atoms with van der Waals surface area (Å²) in [5.41, 5.74) is 1.29. The van der Waals surface area contributed by atoms with E-state index in [1.165, 1.54) is 17.0 Å². The maximum atomic E-state index is 13.5. The lowest BCUT2D eigenvalue weighted by Gasteiger charge is -2.36. The fraction of sp³-hybridized carbons (Fsp3) is 0.565. The maximum Gasteiger partial charge on any atom is 0.277 e. The van der Waals surface area contributed by atoms with Crippen LogP contribution in [0.2, 0.25) is 0 Å². The Kier molecular flexibility index (Phi) is 8.57. The fourth-order valence-corrected chi connectivity index (χ4v) is 3.95. The third kappa shape index (κ3) is 5.70. The highest BCUT2D eigenvalue weighted by Gasteiger charge is 2.41. The average Bonchev–Trinajstić information content (AvgIpc) is 3.02. The second-order valence-electron chi connectivity index (χ2n) is 7.86. The van der Waals surface area contributed by atoms with Crippen LogP contribution in [0.3, 0.4) is 0 Å². The van der Waals surface area contributed by atoms with E-state index < -0.39 is 0 Å². The van der Waals surface area contributed by atoms with Gasteiger partial charge in [-0.3, -0.25) is 19.4 Å². The van der Waals surface area contributed by atoms with Crippen LogP contribution in [0.25, 0.3) is 5.57 Å². The number of piperazine rings is 1. The summed E-state index contributed by atoms with van der Waals surface area (Å²) in [5.74, 6) is -1.02. The van der Waals surface area contributed by atoms with Crippen LogP contribution in [-0.4, -0.2) is 90.7 Å². The molecule has 0 aliphatic carbocycles. The Hall–Kier alpha value is -2.29. The standard InChI is InChI=1S/C23H32FN3O4/c1-2-3-16-31-17-4-9-27-22(29)20(18-5-7-19(24)8-6-18)21(23(27)30)26-12-10-25(11-13-26)14-15-28/h5-8,28H,2-4,9-17H2,1H3. The van der Waals surface area contributed by atoms with Crippen molar-refractivity contribution < 1.29 is 23.8 Å². The van der Waals surface area contributed by atoms with Crippen molar-refractivity contribution >= 4 is 17.4 Å². The van der Waals surface area contributed by atoms with E-state index in [0.717, 1.165) is 12.8 Å². The molecule has 0 aromatic heterocycles. The Morgan fingerprint density at radius 1 is 0.968 bits per heavy atom. The van der Waals surface area contributed by atoms with Crippen molar-refractivity contribution in [3.05, 3.63) is 41.3 Å². The molecule has 8 heteroatoms. The third-order valence-electron chi connectivity index (χ3n) is 5.69. The molecule has 7 nitrogen and oxygen atoms in total. The van der Waals surface area contributed by atoms with Gasteiger partial charge in [-0.2, -0.15) is 0 Å². The summed E-state index contributed by atoms with van der Waals surface area (Å²) in [6.07, 6.45) is 2.63. The lowest BCUT2D eigenvalue weighted by Crippen LogP contribution is -2.48. The van der Waals surface area contributed by atoms with E-state index in [4.69, 9.17) is 9.84 Å². The van der Waals surface area contributed by atoms with E-state index in [1.807, 2.05) is 4.90 Å². The molecule has 1 saturated heterocycles. The number of hydrogen-bond acceptors (Lipinski definition) is 6. The van der Waals surface area contributed by atoms with Gasteiger partial charge in [-0.05, 0) is 30.5 Å². The van der Waals surface area contributed by atoms with Crippen molar-refractivity contribution in [3.63, 3.8) is 0 Å². The van der Waals surface area contributed by atoms with Crippen molar-refractivity contribution in [1.29, 1.82) is 0 Å². The van der Waals surface area contributed by atoms with E-state index in [0.29, 0.717) is 75.7 Å². The van der Waals surface area contributed by atoms with Crippen molar-refractivity contribution in [2.75, 3.05) is 59.1 Å². The van der Waals surface area contributed by atoms with Gasteiger partial charge in [0.05, 0.1) is 12.2 Å². The van der Waals surface area contributed by atoms with Crippen LogP contribution in [0.15, 0.2) is 30.0 Å². The lowest BCUT2D eigenvalue weighted by atomic mass is 10.0. The third-order valence-corrected chi connectivity index (χ3v) is 5.69. The smallest absolute Gasteiger partial charge is 0.277 e. The molecule has 31 heavy (non-hydrogen) atoms. The fourth-order valence-electron chi connectivity index (χ4n) is 3.95. The Morgan fingerprint density at radius 3 is 2.29 bits per heavy atom. The molecule has 0 spiro atoms. The molecule has 0 saturated carbocycles. The van der Waals surface area contributed by atoms with Gasteiger partial charge in [0, 0.05) is 52.5 Å². The summed E-state index contributed by atoms with van der Waals surface area (Å²) < 4.78 is 19.0. The molecule has 170 valence electrons. The number of halogens is 1. The van der Waals surface area contributed by atoms with Crippen LogP contribution in [-0.2, 0) is 14.3 Å². The number of carbonyl (C=O) groups excluding carboxylic acids is 2. The molecule has 0 unspecified atom stereocenters. The maximum absolute atomic E-state index is 13.5. The molecule has 1 N–H and O–H groups in total. The van der Waals surface area contributed by atoms with Gasteiger partial charge in [-0.1, -0.05) is 25.5 Å². The number of ether oxygens (including phenoxy) is 1. The molecule has 3 rings (SSSR count). The van der Waals surface area contributed by atoms with Crippen molar-refractivity contribution in [2.24, 2.45) is 0 Å². The van der Waals surface area contributed by atoms with Crippen LogP contribution >= 0.6 is 0 Å². The summed E-state index contributed by atoms with van der Waals surface area (Å²) in [6.45, 7) is 6.84. The summed E-state index contributed by atoms with van der Waals surface area (Å²) in [4.78, 5) is 31.9. The van der Waals surface area contributed by atoms with Crippen LogP contribution in [0.4, 0.5) is 4.39 Å². The van der Waals surface area contributed by atoms with Gasteiger partial charge < -0.3 is 14.7 Å². The zero-order chi connectivity index (χ0) is 22.2. The molecule has 0 radical (unpaired) electrons. The number of rotatable bonds is 11. The van der Waals surface area contributed by atoms with Gasteiger partial charge >= 0.3 is 0 Å². The van der Waals surface area contributed by atoms with Crippen LogP contribution in [0.5, 0.6) is 0 Å². The number of unbranched alkanes of at least 4 members (excludes halogenated alkanes) is 1. The molecule has 2 heterocycles. The van der Waals surface area contributed by atoms with E-state index in [-0.39, 0.29) is 24.2 Å². The second-order valence-corrected chi connectivity index (χ2v) is 7.86. The number of imide groups is 1. The van der Waals surface area contributed by atoms with E-state index in [2.05, 4.69) is 11.8 Å². The predicted molar refractivity (Wildman–Crippen MR) is 115 cm³/mol. The number of nitrogens with zero attached hydrogens (tertiary/aromatic N) is 3.